The molecule has 0 aliphatic carbocycles. The maximum absolute atomic E-state index is 13.9. The average molecular weight is 398 g/mol. The first-order valence-electron chi connectivity index (χ1n) is 9.44. The molecule has 2 aromatic rings. The van der Waals surface area contributed by atoms with Crippen molar-refractivity contribution in [3.8, 4) is 0 Å². The van der Waals surface area contributed by atoms with E-state index in [-0.39, 0.29) is 24.6 Å². The number of anilines is 1. The number of hydrogen-bond acceptors (Lipinski definition) is 4. The normalized spacial score (nSPS) is 17.1. The van der Waals surface area contributed by atoms with E-state index < -0.39 is 29.7 Å². The van der Waals surface area contributed by atoms with Crippen LogP contribution >= 0.6 is 0 Å². The Morgan fingerprint density at radius 3 is 2.59 bits per heavy atom. The van der Waals surface area contributed by atoms with E-state index in [0.717, 1.165) is 11.1 Å². The highest BCUT2D eigenvalue weighted by molar-refractivity contribution is 5.99. The predicted molar refractivity (Wildman–Crippen MR) is 105 cm³/mol. The molecule has 1 heterocycles. The van der Waals surface area contributed by atoms with Gasteiger partial charge in [-0.05, 0) is 31.5 Å². The average Bonchev–Trinajstić information content (AvgIpc) is 3.09. The number of nitrogens with one attached hydrogen (secondary N) is 1. The number of hydrogen-bond donors (Lipinski definition) is 1. The number of ether oxygens (including phenoxy) is 1. The second kappa shape index (κ2) is 8.86. The summed E-state index contributed by atoms with van der Waals surface area (Å²) in [7, 11) is 0. The highest BCUT2D eigenvalue weighted by Gasteiger charge is 2.38. The Morgan fingerprint density at radius 1 is 1.21 bits per heavy atom. The van der Waals surface area contributed by atoms with Crippen LogP contribution in [0.2, 0.25) is 0 Å². The largest absolute Gasteiger partial charge is 0.452 e. The van der Waals surface area contributed by atoms with E-state index >= 15 is 0 Å². The van der Waals surface area contributed by atoms with Gasteiger partial charge in [0.2, 0.25) is 5.91 Å². The molecule has 2 amide bonds. The molecule has 2 atom stereocenters. The molecule has 0 unspecified atom stereocenters. The van der Waals surface area contributed by atoms with Crippen LogP contribution in [0.5, 0.6) is 0 Å². The third-order valence-corrected chi connectivity index (χ3v) is 4.85. The summed E-state index contributed by atoms with van der Waals surface area (Å²) in [5.41, 5.74) is 2.19. The molecule has 7 heteroatoms. The Hall–Kier alpha value is -3.22. The van der Waals surface area contributed by atoms with Crippen LogP contribution in [0.25, 0.3) is 0 Å². The summed E-state index contributed by atoms with van der Waals surface area (Å²) < 4.78 is 19.2. The topological polar surface area (TPSA) is 75.7 Å². The Bertz CT molecular complexity index is 913. The van der Waals surface area contributed by atoms with E-state index in [1.54, 1.807) is 6.07 Å². The fourth-order valence-electron chi connectivity index (χ4n) is 3.13. The van der Waals surface area contributed by atoms with Gasteiger partial charge in [-0.3, -0.25) is 14.4 Å². The number of rotatable bonds is 6. The number of aryl methyl sites for hydroxylation is 1. The zero-order valence-corrected chi connectivity index (χ0v) is 16.4. The molecule has 0 aromatic heterocycles. The molecule has 6 nitrogen and oxygen atoms in total. The number of nitrogens with zero attached hydrogens (tertiary/aromatic N) is 1. The van der Waals surface area contributed by atoms with Gasteiger partial charge in [0.1, 0.15) is 5.82 Å². The SMILES string of the molecule is Cc1ccc(CNC(=O)[C@H](C)OC(=O)[C@H]2CC(=O)N(c3ccccc3F)C2)cc1. The Morgan fingerprint density at radius 2 is 1.90 bits per heavy atom. The van der Waals surface area contributed by atoms with E-state index in [9.17, 15) is 18.8 Å². The lowest BCUT2D eigenvalue weighted by Gasteiger charge is -2.18. The number of benzene rings is 2. The smallest absolute Gasteiger partial charge is 0.312 e. The molecule has 2 aromatic carbocycles. The van der Waals surface area contributed by atoms with Gasteiger partial charge in [0.05, 0.1) is 11.6 Å². The molecule has 1 N–H and O–H groups in total. The van der Waals surface area contributed by atoms with Crippen LogP contribution < -0.4 is 10.2 Å². The number of para-hydroxylation sites is 1. The van der Waals surface area contributed by atoms with Gasteiger partial charge in [0.25, 0.3) is 5.91 Å². The molecule has 0 saturated carbocycles. The van der Waals surface area contributed by atoms with Crippen molar-refractivity contribution in [1.82, 2.24) is 5.32 Å². The number of esters is 1. The second-order valence-corrected chi connectivity index (χ2v) is 7.14. The van der Waals surface area contributed by atoms with Gasteiger partial charge < -0.3 is 15.0 Å². The van der Waals surface area contributed by atoms with Crippen molar-refractivity contribution >= 4 is 23.5 Å². The Labute approximate surface area is 168 Å². The van der Waals surface area contributed by atoms with Crippen LogP contribution in [-0.2, 0) is 25.7 Å². The predicted octanol–water partition coefficient (Wildman–Crippen LogP) is 2.74. The van der Waals surface area contributed by atoms with Crippen molar-refractivity contribution in [2.24, 2.45) is 5.92 Å². The molecule has 1 aliphatic heterocycles. The minimum absolute atomic E-state index is 0.0241. The Balaban J connectivity index is 1.53. The van der Waals surface area contributed by atoms with Crippen molar-refractivity contribution in [3.05, 3.63) is 65.5 Å². The van der Waals surface area contributed by atoms with Crippen LogP contribution in [-0.4, -0.2) is 30.4 Å². The molecule has 29 heavy (non-hydrogen) atoms. The zero-order chi connectivity index (χ0) is 21.0. The second-order valence-electron chi connectivity index (χ2n) is 7.14. The van der Waals surface area contributed by atoms with Crippen molar-refractivity contribution in [2.45, 2.75) is 32.9 Å². The number of halogens is 1. The summed E-state index contributed by atoms with van der Waals surface area (Å²) in [5.74, 6) is -2.69. The van der Waals surface area contributed by atoms with Crippen LogP contribution in [0.1, 0.15) is 24.5 Å². The molecule has 152 valence electrons. The van der Waals surface area contributed by atoms with Gasteiger partial charge >= 0.3 is 5.97 Å². The van der Waals surface area contributed by atoms with E-state index in [4.69, 9.17) is 4.74 Å². The van der Waals surface area contributed by atoms with Crippen LogP contribution in [0.4, 0.5) is 10.1 Å². The number of amides is 2. The fraction of sp³-hybridized carbons (Fsp3) is 0.318. The van der Waals surface area contributed by atoms with Gasteiger partial charge in [-0.25, -0.2) is 4.39 Å². The third kappa shape index (κ3) is 4.99. The standard InChI is InChI=1S/C22H23FN2O4/c1-14-7-9-16(10-8-14)12-24-21(27)15(2)29-22(28)17-11-20(26)25(13-17)19-6-4-3-5-18(19)23/h3-10,15,17H,11-13H2,1-2H3,(H,24,27)/t15-,17-/m0/s1. The lowest BCUT2D eigenvalue weighted by Crippen LogP contribution is -2.37. The van der Waals surface area contributed by atoms with E-state index in [2.05, 4.69) is 5.32 Å². The summed E-state index contributed by atoms with van der Waals surface area (Å²) >= 11 is 0. The highest BCUT2D eigenvalue weighted by atomic mass is 19.1. The molecule has 0 bridgehead atoms. The summed E-state index contributed by atoms with van der Waals surface area (Å²) in [5, 5.41) is 2.72. The van der Waals surface area contributed by atoms with Gasteiger partial charge in [-0.15, -0.1) is 0 Å². The summed E-state index contributed by atoms with van der Waals surface area (Å²) in [4.78, 5) is 38.1. The third-order valence-electron chi connectivity index (χ3n) is 4.85. The van der Waals surface area contributed by atoms with E-state index in [1.165, 1.54) is 30.0 Å². The first-order valence-corrected chi connectivity index (χ1v) is 9.44. The van der Waals surface area contributed by atoms with Gasteiger partial charge in [-0.1, -0.05) is 42.0 Å². The summed E-state index contributed by atoms with van der Waals surface area (Å²) in [6.07, 6.45) is -1.07. The van der Waals surface area contributed by atoms with E-state index in [1.807, 2.05) is 31.2 Å². The molecule has 1 fully saturated rings. The first-order chi connectivity index (χ1) is 13.8. The van der Waals surface area contributed by atoms with Crippen molar-refractivity contribution in [1.29, 1.82) is 0 Å². The molecular formula is C22H23FN2O4. The Kier molecular flexibility index (Phi) is 6.26. The maximum Gasteiger partial charge on any atom is 0.312 e. The lowest BCUT2D eigenvalue weighted by molar-refractivity contribution is -0.158. The van der Waals surface area contributed by atoms with Crippen LogP contribution in [0.15, 0.2) is 48.5 Å². The molecule has 0 spiro atoms. The first kappa shape index (κ1) is 20.5. The minimum atomic E-state index is -0.995. The van der Waals surface area contributed by atoms with Gasteiger partial charge in [0.15, 0.2) is 6.10 Å². The van der Waals surface area contributed by atoms with Crippen LogP contribution in [0.3, 0.4) is 0 Å². The van der Waals surface area contributed by atoms with Crippen molar-refractivity contribution in [3.63, 3.8) is 0 Å². The quantitative estimate of drug-likeness (QED) is 0.760. The maximum atomic E-state index is 13.9. The van der Waals surface area contributed by atoms with Crippen molar-refractivity contribution < 1.29 is 23.5 Å². The minimum Gasteiger partial charge on any atom is -0.452 e. The zero-order valence-electron chi connectivity index (χ0n) is 16.4. The molecule has 1 aliphatic rings. The summed E-state index contributed by atoms with van der Waals surface area (Å²) in [6.45, 7) is 3.80. The molecule has 3 rings (SSSR count). The molecule has 0 radical (unpaired) electrons. The van der Waals surface area contributed by atoms with Crippen LogP contribution in [0, 0.1) is 18.7 Å². The lowest BCUT2D eigenvalue weighted by atomic mass is 10.1. The van der Waals surface area contributed by atoms with E-state index in [0.29, 0.717) is 6.54 Å². The number of carbonyl (C=O) groups is 3. The molecule has 1 saturated heterocycles. The van der Waals surface area contributed by atoms with Gasteiger partial charge in [-0.2, -0.15) is 0 Å². The van der Waals surface area contributed by atoms with Gasteiger partial charge in [0, 0.05) is 19.5 Å². The monoisotopic (exact) mass is 398 g/mol. The van der Waals surface area contributed by atoms with Crippen molar-refractivity contribution in [2.75, 3.05) is 11.4 Å². The molecular weight excluding hydrogens is 375 g/mol. The number of carbonyl (C=O) groups excluding carboxylic acids is 3. The fourth-order valence-corrected chi connectivity index (χ4v) is 3.13. The highest BCUT2D eigenvalue weighted by Crippen LogP contribution is 2.28. The summed E-state index contributed by atoms with van der Waals surface area (Å²) in [6, 6.07) is 13.6.